The molecule has 1 aromatic rings. The van der Waals surface area contributed by atoms with Crippen molar-refractivity contribution in [1.82, 2.24) is 9.88 Å². The fourth-order valence-electron chi connectivity index (χ4n) is 2.58. The van der Waals surface area contributed by atoms with Crippen molar-refractivity contribution >= 4 is 23.3 Å². The molecule has 0 radical (unpaired) electrons. The third-order valence-electron chi connectivity index (χ3n) is 3.65. The molecule has 1 atom stereocenters. The van der Waals surface area contributed by atoms with Crippen LogP contribution in [0.25, 0.3) is 0 Å². The number of likely N-dealkylation sites (tertiary alicyclic amines) is 1. The van der Waals surface area contributed by atoms with E-state index in [0.717, 1.165) is 18.4 Å². The maximum absolute atomic E-state index is 12.4. The summed E-state index contributed by atoms with van der Waals surface area (Å²) in [5, 5.41) is 13.4. The van der Waals surface area contributed by atoms with Crippen LogP contribution in [-0.4, -0.2) is 39.2 Å². The lowest BCUT2D eigenvalue weighted by Gasteiger charge is -2.33. The molecule has 0 aromatic carbocycles. The molecule has 1 unspecified atom stereocenters. The Morgan fingerprint density at radius 2 is 2.30 bits per heavy atom. The van der Waals surface area contributed by atoms with E-state index in [4.69, 9.17) is 11.6 Å². The largest absolute Gasteiger partial charge is 0.388 e. The predicted molar refractivity (Wildman–Crippen MR) is 79.0 cm³/mol. The Bertz CT molecular complexity index is 514. The van der Waals surface area contributed by atoms with Crippen molar-refractivity contribution in [3.05, 3.63) is 23.0 Å². The fourth-order valence-corrected chi connectivity index (χ4v) is 2.80. The van der Waals surface area contributed by atoms with Gasteiger partial charge in [-0.25, -0.2) is 9.78 Å². The van der Waals surface area contributed by atoms with Crippen LogP contribution in [0.1, 0.15) is 32.3 Å². The van der Waals surface area contributed by atoms with E-state index in [-0.39, 0.29) is 12.1 Å². The van der Waals surface area contributed by atoms with Gasteiger partial charge >= 0.3 is 6.03 Å². The predicted octanol–water partition coefficient (Wildman–Crippen LogP) is 2.81. The van der Waals surface area contributed by atoms with E-state index < -0.39 is 5.60 Å². The second kappa shape index (κ2) is 5.58. The minimum Gasteiger partial charge on any atom is -0.388 e. The smallest absolute Gasteiger partial charge is 0.322 e. The number of carbonyl (C=O) groups excluding carboxylic acids is 1. The van der Waals surface area contributed by atoms with E-state index in [1.165, 1.54) is 0 Å². The summed E-state index contributed by atoms with van der Waals surface area (Å²) in [4.78, 5) is 18.0. The Labute approximate surface area is 123 Å². The van der Waals surface area contributed by atoms with Crippen LogP contribution < -0.4 is 5.32 Å². The average Bonchev–Trinajstić information content (AvgIpc) is 2.81. The van der Waals surface area contributed by atoms with Gasteiger partial charge in [-0.2, -0.15) is 0 Å². The maximum Gasteiger partial charge on any atom is 0.322 e. The van der Waals surface area contributed by atoms with Crippen molar-refractivity contribution in [2.24, 2.45) is 0 Å². The van der Waals surface area contributed by atoms with Gasteiger partial charge in [0.2, 0.25) is 0 Å². The molecule has 1 saturated heterocycles. The van der Waals surface area contributed by atoms with Crippen LogP contribution in [0.2, 0.25) is 5.15 Å². The molecule has 110 valence electrons. The van der Waals surface area contributed by atoms with Crippen LogP contribution in [0.15, 0.2) is 12.3 Å². The molecule has 6 heteroatoms. The summed E-state index contributed by atoms with van der Waals surface area (Å²) in [5.74, 6) is 0. The molecule has 0 saturated carbocycles. The lowest BCUT2D eigenvalue weighted by Crippen LogP contribution is -2.49. The highest BCUT2D eigenvalue weighted by Gasteiger charge is 2.38. The molecule has 2 rings (SSSR count). The van der Waals surface area contributed by atoms with Crippen LogP contribution in [0.4, 0.5) is 10.5 Å². The van der Waals surface area contributed by atoms with E-state index in [1.807, 2.05) is 6.92 Å². The van der Waals surface area contributed by atoms with Gasteiger partial charge in [-0.1, -0.05) is 11.6 Å². The summed E-state index contributed by atoms with van der Waals surface area (Å²) < 4.78 is 0. The second-order valence-corrected chi connectivity index (χ2v) is 6.14. The minimum absolute atomic E-state index is 0.164. The lowest BCUT2D eigenvalue weighted by atomic mass is 9.97. The first-order chi connectivity index (χ1) is 9.29. The van der Waals surface area contributed by atoms with Gasteiger partial charge in [0.15, 0.2) is 0 Å². The quantitative estimate of drug-likeness (QED) is 0.825. The highest BCUT2D eigenvalue weighted by atomic mass is 35.5. The van der Waals surface area contributed by atoms with Gasteiger partial charge in [0, 0.05) is 6.54 Å². The van der Waals surface area contributed by atoms with E-state index in [9.17, 15) is 9.90 Å². The first-order valence-corrected chi connectivity index (χ1v) is 7.09. The van der Waals surface area contributed by atoms with Crippen LogP contribution in [-0.2, 0) is 0 Å². The molecule has 0 aliphatic carbocycles. The number of carbonyl (C=O) groups is 1. The highest BCUT2D eigenvalue weighted by molar-refractivity contribution is 6.29. The van der Waals surface area contributed by atoms with Crippen LogP contribution in [0.5, 0.6) is 0 Å². The van der Waals surface area contributed by atoms with Gasteiger partial charge in [-0.05, 0) is 45.2 Å². The van der Waals surface area contributed by atoms with Crippen LogP contribution >= 0.6 is 11.6 Å². The van der Waals surface area contributed by atoms with E-state index in [0.29, 0.717) is 17.4 Å². The summed E-state index contributed by atoms with van der Waals surface area (Å²) in [7, 11) is 0. The Morgan fingerprint density at radius 1 is 1.60 bits per heavy atom. The first kappa shape index (κ1) is 15.1. The summed E-state index contributed by atoms with van der Waals surface area (Å²) in [6, 6.07) is 1.33. The van der Waals surface area contributed by atoms with E-state index >= 15 is 0 Å². The number of nitrogens with zero attached hydrogens (tertiary/aromatic N) is 2. The molecule has 5 nitrogen and oxygen atoms in total. The standard InChI is InChI=1S/C14H20ClN3O2/c1-9-7-12(15)16-8-10(9)17-13(19)18-6-4-5-11(18)14(2,3)20/h7-8,11,20H,4-6H2,1-3H3,(H,17,19). The normalized spacial score (nSPS) is 19.2. The number of pyridine rings is 1. The molecule has 2 N–H and O–H groups in total. The molecule has 1 aromatic heterocycles. The summed E-state index contributed by atoms with van der Waals surface area (Å²) in [6.45, 7) is 5.98. The van der Waals surface area contributed by atoms with Crippen molar-refractivity contribution < 1.29 is 9.90 Å². The number of amides is 2. The van der Waals surface area contributed by atoms with Gasteiger partial charge < -0.3 is 15.3 Å². The van der Waals surface area contributed by atoms with Gasteiger partial charge in [-0.3, -0.25) is 0 Å². The molecule has 1 fully saturated rings. The molecule has 0 spiro atoms. The van der Waals surface area contributed by atoms with Crippen molar-refractivity contribution in [3.63, 3.8) is 0 Å². The third kappa shape index (κ3) is 3.22. The average molecular weight is 298 g/mol. The number of anilines is 1. The van der Waals surface area contributed by atoms with E-state index in [1.54, 1.807) is 31.0 Å². The Balaban J connectivity index is 2.12. The highest BCUT2D eigenvalue weighted by Crippen LogP contribution is 2.27. The zero-order chi connectivity index (χ0) is 14.9. The number of rotatable bonds is 2. The molecule has 2 heterocycles. The number of aromatic nitrogens is 1. The Morgan fingerprint density at radius 3 is 2.90 bits per heavy atom. The molecule has 1 aliphatic heterocycles. The molecular formula is C14H20ClN3O2. The third-order valence-corrected chi connectivity index (χ3v) is 3.85. The van der Waals surface area contributed by atoms with Gasteiger partial charge in [-0.15, -0.1) is 0 Å². The number of aryl methyl sites for hydroxylation is 1. The molecule has 2 amide bonds. The number of hydrogen-bond acceptors (Lipinski definition) is 3. The SMILES string of the molecule is Cc1cc(Cl)ncc1NC(=O)N1CCCC1C(C)(C)O. The summed E-state index contributed by atoms with van der Waals surface area (Å²) >= 11 is 5.80. The van der Waals surface area contributed by atoms with Crippen LogP contribution in [0.3, 0.4) is 0 Å². The van der Waals surface area contributed by atoms with Crippen LogP contribution in [0, 0.1) is 6.92 Å². The minimum atomic E-state index is -0.902. The second-order valence-electron chi connectivity index (χ2n) is 5.76. The van der Waals surface area contributed by atoms with E-state index in [2.05, 4.69) is 10.3 Å². The van der Waals surface area contributed by atoms with Crippen molar-refractivity contribution in [2.45, 2.75) is 45.3 Å². The topological polar surface area (TPSA) is 65.5 Å². The molecular weight excluding hydrogens is 278 g/mol. The summed E-state index contributed by atoms with van der Waals surface area (Å²) in [5.41, 5.74) is 0.597. The molecule has 20 heavy (non-hydrogen) atoms. The maximum atomic E-state index is 12.4. The molecule has 1 aliphatic rings. The zero-order valence-electron chi connectivity index (χ0n) is 12.0. The van der Waals surface area contributed by atoms with Crippen molar-refractivity contribution in [1.29, 1.82) is 0 Å². The Kier molecular flexibility index (Phi) is 4.20. The van der Waals surface area contributed by atoms with Gasteiger partial charge in [0.05, 0.1) is 23.5 Å². The number of nitrogens with one attached hydrogen (secondary N) is 1. The van der Waals surface area contributed by atoms with Gasteiger partial charge in [0.25, 0.3) is 0 Å². The summed E-state index contributed by atoms with van der Waals surface area (Å²) in [6.07, 6.45) is 3.26. The molecule has 0 bridgehead atoms. The fraction of sp³-hybridized carbons (Fsp3) is 0.571. The monoisotopic (exact) mass is 297 g/mol. The zero-order valence-corrected chi connectivity index (χ0v) is 12.7. The van der Waals surface area contributed by atoms with Gasteiger partial charge in [0.1, 0.15) is 5.15 Å². The number of hydrogen-bond donors (Lipinski definition) is 2. The number of urea groups is 1. The first-order valence-electron chi connectivity index (χ1n) is 6.71. The van der Waals surface area contributed by atoms with Crippen molar-refractivity contribution in [2.75, 3.05) is 11.9 Å². The Hall–Kier alpha value is -1.33. The van der Waals surface area contributed by atoms with Crippen molar-refractivity contribution in [3.8, 4) is 0 Å². The lowest BCUT2D eigenvalue weighted by molar-refractivity contribution is 0.0117. The number of halogens is 1. The number of aliphatic hydroxyl groups is 1.